The highest BCUT2D eigenvalue weighted by molar-refractivity contribution is 5.91. The van der Waals surface area contributed by atoms with Gasteiger partial charge in [0.2, 0.25) is 0 Å². The number of furan rings is 1. The van der Waals surface area contributed by atoms with Crippen LogP contribution in [0.2, 0.25) is 0 Å². The summed E-state index contributed by atoms with van der Waals surface area (Å²) >= 11 is 0. The maximum Gasteiger partial charge on any atom is 0.287 e. The molecule has 1 unspecified atom stereocenters. The molecule has 33 heavy (non-hydrogen) atoms. The SMILES string of the molecule is Cc1ccc(C2c3cccn3CCN2Cc2ccc(C(=O)NCc3ccc(F)cc3)o2)cc1. The Morgan fingerprint density at radius 3 is 2.61 bits per heavy atom. The van der Waals surface area contributed by atoms with Gasteiger partial charge in [0.25, 0.3) is 5.91 Å². The molecule has 3 heterocycles. The van der Waals surface area contributed by atoms with Gasteiger partial charge in [-0.2, -0.15) is 0 Å². The zero-order chi connectivity index (χ0) is 22.8. The maximum absolute atomic E-state index is 13.1. The predicted octanol–water partition coefficient (Wildman–Crippen LogP) is 5.06. The highest BCUT2D eigenvalue weighted by Crippen LogP contribution is 2.33. The number of nitrogens with one attached hydrogen (secondary N) is 1. The number of halogens is 1. The van der Waals surface area contributed by atoms with Crippen LogP contribution in [0.3, 0.4) is 0 Å². The number of carbonyl (C=O) groups is 1. The molecular weight excluding hydrogens is 417 g/mol. The number of aromatic nitrogens is 1. The van der Waals surface area contributed by atoms with Crippen molar-refractivity contribution in [2.24, 2.45) is 0 Å². The first-order valence-electron chi connectivity index (χ1n) is 11.1. The van der Waals surface area contributed by atoms with Crippen LogP contribution >= 0.6 is 0 Å². The van der Waals surface area contributed by atoms with E-state index >= 15 is 0 Å². The summed E-state index contributed by atoms with van der Waals surface area (Å²) in [6.07, 6.45) is 2.13. The van der Waals surface area contributed by atoms with Gasteiger partial charge < -0.3 is 14.3 Å². The number of rotatable bonds is 6. The highest BCUT2D eigenvalue weighted by Gasteiger charge is 2.29. The second kappa shape index (κ2) is 9.08. The largest absolute Gasteiger partial charge is 0.455 e. The summed E-state index contributed by atoms with van der Waals surface area (Å²) in [5.74, 6) is 0.446. The Hall–Kier alpha value is -3.64. The average Bonchev–Trinajstić information content (AvgIpc) is 3.49. The molecule has 5 nitrogen and oxygen atoms in total. The van der Waals surface area contributed by atoms with Crippen molar-refractivity contribution in [3.63, 3.8) is 0 Å². The fourth-order valence-electron chi connectivity index (χ4n) is 4.39. The van der Waals surface area contributed by atoms with E-state index in [1.165, 1.54) is 29.0 Å². The van der Waals surface area contributed by atoms with Crippen LogP contribution in [0.1, 0.15) is 44.7 Å². The normalized spacial score (nSPS) is 15.9. The van der Waals surface area contributed by atoms with E-state index in [4.69, 9.17) is 4.42 Å². The number of fused-ring (bicyclic) bond motifs is 1. The number of hydrogen-bond acceptors (Lipinski definition) is 3. The number of aryl methyl sites for hydroxylation is 1. The molecule has 0 saturated carbocycles. The molecule has 0 bridgehead atoms. The Morgan fingerprint density at radius 1 is 1.03 bits per heavy atom. The lowest BCUT2D eigenvalue weighted by atomic mass is 9.99. The molecular formula is C27H26FN3O2. The number of benzene rings is 2. The lowest BCUT2D eigenvalue weighted by Crippen LogP contribution is -2.37. The predicted molar refractivity (Wildman–Crippen MR) is 124 cm³/mol. The van der Waals surface area contributed by atoms with Crippen LogP contribution in [0.5, 0.6) is 0 Å². The molecule has 1 aliphatic rings. The van der Waals surface area contributed by atoms with Crippen LogP contribution in [-0.4, -0.2) is 21.9 Å². The minimum Gasteiger partial charge on any atom is -0.455 e. The van der Waals surface area contributed by atoms with Crippen molar-refractivity contribution < 1.29 is 13.6 Å². The molecule has 6 heteroatoms. The van der Waals surface area contributed by atoms with Gasteiger partial charge >= 0.3 is 0 Å². The summed E-state index contributed by atoms with van der Waals surface area (Å²) in [4.78, 5) is 14.9. The average molecular weight is 444 g/mol. The lowest BCUT2D eigenvalue weighted by Gasteiger charge is -2.37. The zero-order valence-electron chi connectivity index (χ0n) is 18.5. The molecule has 4 aromatic rings. The lowest BCUT2D eigenvalue weighted by molar-refractivity contribution is 0.0916. The second-order valence-corrected chi connectivity index (χ2v) is 8.49. The standard InChI is InChI=1S/C27H26FN3O2/c1-19-4-8-21(9-5-19)26-24-3-2-14-30(24)15-16-31(26)18-23-12-13-25(33-23)27(32)29-17-20-6-10-22(28)11-7-20/h2-14,26H,15-18H2,1H3,(H,29,32). The molecule has 1 aliphatic heterocycles. The first kappa shape index (κ1) is 21.2. The van der Waals surface area contributed by atoms with Gasteiger partial charge in [0.1, 0.15) is 11.6 Å². The summed E-state index contributed by atoms with van der Waals surface area (Å²) in [5, 5.41) is 2.83. The van der Waals surface area contributed by atoms with Crippen molar-refractivity contribution in [1.82, 2.24) is 14.8 Å². The second-order valence-electron chi connectivity index (χ2n) is 8.49. The monoisotopic (exact) mass is 443 g/mol. The number of nitrogens with zero attached hydrogens (tertiary/aromatic N) is 2. The van der Waals surface area contributed by atoms with Crippen LogP contribution in [0.4, 0.5) is 4.39 Å². The highest BCUT2D eigenvalue weighted by atomic mass is 19.1. The topological polar surface area (TPSA) is 50.4 Å². The molecule has 0 spiro atoms. The van der Waals surface area contributed by atoms with Crippen molar-refractivity contribution in [3.05, 3.63) is 119 Å². The molecule has 0 aliphatic carbocycles. The molecule has 168 valence electrons. The van der Waals surface area contributed by atoms with Gasteiger partial charge in [-0.25, -0.2) is 4.39 Å². The zero-order valence-corrected chi connectivity index (χ0v) is 18.5. The Labute approximate surface area is 192 Å². The Kier molecular flexibility index (Phi) is 5.84. The van der Waals surface area contributed by atoms with Gasteiger partial charge in [-0.15, -0.1) is 0 Å². The third kappa shape index (κ3) is 4.61. The minimum atomic E-state index is -0.297. The Balaban J connectivity index is 1.30. The Morgan fingerprint density at radius 2 is 1.82 bits per heavy atom. The summed E-state index contributed by atoms with van der Waals surface area (Å²) in [7, 11) is 0. The van der Waals surface area contributed by atoms with Gasteiger partial charge in [-0.1, -0.05) is 42.0 Å². The van der Waals surface area contributed by atoms with E-state index in [0.29, 0.717) is 13.1 Å². The van der Waals surface area contributed by atoms with Crippen molar-refractivity contribution in [2.45, 2.75) is 32.6 Å². The fourth-order valence-corrected chi connectivity index (χ4v) is 4.39. The van der Waals surface area contributed by atoms with E-state index in [1.807, 2.05) is 6.07 Å². The van der Waals surface area contributed by atoms with E-state index in [9.17, 15) is 9.18 Å². The van der Waals surface area contributed by atoms with E-state index in [1.54, 1.807) is 18.2 Å². The molecule has 2 aromatic carbocycles. The van der Waals surface area contributed by atoms with Crippen molar-refractivity contribution in [1.29, 1.82) is 0 Å². The molecule has 1 atom stereocenters. The molecule has 0 saturated heterocycles. The van der Waals surface area contributed by atoms with Gasteiger partial charge in [0.15, 0.2) is 5.76 Å². The summed E-state index contributed by atoms with van der Waals surface area (Å²) < 4.78 is 21.3. The van der Waals surface area contributed by atoms with Crippen LogP contribution in [0.15, 0.2) is 83.4 Å². The Bertz CT molecular complexity index is 1240. The van der Waals surface area contributed by atoms with E-state index < -0.39 is 0 Å². The minimum absolute atomic E-state index is 0.121. The first-order chi connectivity index (χ1) is 16.1. The smallest absolute Gasteiger partial charge is 0.287 e. The molecule has 5 rings (SSSR count). The fraction of sp³-hybridized carbons (Fsp3) is 0.222. The van der Waals surface area contributed by atoms with Crippen LogP contribution in [0.25, 0.3) is 0 Å². The number of amides is 1. The molecule has 1 N–H and O–H groups in total. The van der Waals surface area contributed by atoms with Crippen molar-refractivity contribution in [3.8, 4) is 0 Å². The third-order valence-corrected chi connectivity index (χ3v) is 6.14. The first-order valence-corrected chi connectivity index (χ1v) is 11.1. The van der Waals surface area contributed by atoms with Crippen LogP contribution < -0.4 is 5.32 Å². The van der Waals surface area contributed by atoms with E-state index in [-0.39, 0.29) is 23.5 Å². The van der Waals surface area contributed by atoms with Gasteiger partial charge in [-0.3, -0.25) is 9.69 Å². The molecule has 0 radical (unpaired) electrons. The van der Waals surface area contributed by atoms with Crippen LogP contribution in [-0.2, 0) is 19.6 Å². The summed E-state index contributed by atoms with van der Waals surface area (Å²) in [6, 6.07) is 22.7. The van der Waals surface area contributed by atoms with E-state index in [0.717, 1.165) is 24.4 Å². The van der Waals surface area contributed by atoms with Gasteiger partial charge in [-0.05, 0) is 54.4 Å². The van der Waals surface area contributed by atoms with Gasteiger partial charge in [0.05, 0.1) is 12.6 Å². The summed E-state index contributed by atoms with van der Waals surface area (Å²) in [6.45, 7) is 4.81. The number of hydrogen-bond donors (Lipinski definition) is 1. The molecule has 0 fully saturated rings. The third-order valence-electron chi connectivity index (χ3n) is 6.14. The molecule has 2 aromatic heterocycles. The molecule has 1 amide bonds. The maximum atomic E-state index is 13.1. The van der Waals surface area contributed by atoms with Crippen molar-refractivity contribution in [2.75, 3.05) is 6.54 Å². The summed E-state index contributed by atoms with van der Waals surface area (Å²) in [5.41, 5.74) is 4.56. The van der Waals surface area contributed by atoms with E-state index in [2.05, 4.69) is 64.3 Å². The van der Waals surface area contributed by atoms with Crippen LogP contribution in [0, 0.1) is 12.7 Å². The van der Waals surface area contributed by atoms with Crippen molar-refractivity contribution >= 4 is 5.91 Å². The van der Waals surface area contributed by atoms with Gasteiger partial charge in [0, 0.05) is 31.5 Å². The quantitative estimate of drug-likeness (QED) is 0.453. The number of carbonyl (C=O) groups excluding carboxylic acids is 1.